The van der Waals surface area contributed by atoms with E-state index >= 15 is 0 Å². The van der Waals surface area contributed by atoms with Crippen LogP contribution in [0.3, 0.4) is 0 Å². The van der Waals surface area contributed by atoms with Crippen molar-refractivity contribution in [3.05, 3.63) is 45.5 Å². The molecule has 0 saturated heterocycles. The van der Waals surface area contributed by atoms with Crippen LogP contribution in [0.25, 0.3) is 0 Å². The molecule has 0 bridgehead atoms. The molecule has 0 aromatic heterocycles. The van der Waals surface area contributed by atoms with E-state index in [-0.39, 0.29) is 39.3 Å². The Kier molecular flexibility index (Phi) is 5.39. The summed E-state index contributed by atoms with van der Waals surface area (Å²) in [5.74, 6) is -3.38. The normalized spacial score (nSPS) is 10.4. The van der Waals surface area contributed by atoms with E-state index in [0.29, 0.717) is 11.8 Å². The first-order valence-corrected chi connectivity index (χ1v) is 7.78. The van der Waals surface area contributed by atoms with Crippen LogP contribution in [0.4, 0.5) is 0 Å². The van der Waals surface area contributed by atoms with Gasteiger partial charge >= 0.3 is 11.9 Å². The van der Waals surface area contributed by atoms with Gasteiger partial charge in [0.2, 0.25) is 0 Å². The molecule has 8 heteroatoms. The van der Waals surface area contributed by atoms with E-state index in [1.165, 1.54) is 40.0 Å². The first-order chi connectivity index (χ1) is 12.6. The van der Waals surface area contributed by atoms with Gasteiger partial charge in [-0.15, -0.1) is 0 Å². The summed E-state index contributed by atoms with van der Waals surface area (Å²) in [6.07, 6.45) is 0.350. The number of aryl methyl sites for hydroxylation is 2. The van der Waals surface area contributed by atoms with Crippen LogP contribution in [-0.4, -0.2) is 40.7 Å². The fraction of sp³-hybridized carbons (Fsp3) is 0.211. The molecule has 0 amide bonds. The van der Waals surface area contributed by atoms with Crippen molar-refractivity contribution >= 4 is 18.2 Å². The fourth-order valence-corrected chi connectivity index (χ4v) is 2.71. The van der Waals surface area contributed by atoms with Gasteiger partial charge in [0, 0.05) is 5.56 Å². The molecule has 0 unspecified atom stereocenters. The molecule has 8 nitrogen and oxygen atoms in total. The van der Waals surface area contributed by atoms with Gasteiger partial charge in [0.25, 0.3) is 0 Å². The molecular formula is C19H18O8. The highest BCUT2D eigenvalue weighted by atomic mass is 16.5. The van der Waals surface area contributed by atoms with Crippen LogP contribution in [-0.2, 0) is 0 Å². The lowest BCUT2D eigenvalue weighted by Gasteiger charge is -2.16. The number of phenolic OH excluding ortho intramolecular Hbond substituents is 1. The van der Waals surface area contributed by atoms with E-state index in [1.54, 1.807) is 0 Å². The molecule has 0 heterocycles. The highest BCUT2D eigenvalue weighted by Crippen LogP contribution is 2.36. The van der Waals surface area contributed by atoms with E-state index in [0.717, 1.165) is 0 Å². The summed E-state index contributed by atoms with van der Waals surface area (Å²) in [6, 6.07) is 2.71. The van der Waals surface area contributed by atoms with Gasteiger partial charge in [0.1, 0.15) is 34.1 Å². The van der Waals surface area contributed by atoms with Gasteiger partial charge in [-0.3, -0.25) is 4.79 Å². The van der Waals surface area contributed by atoms with Crippen molar-refractivity contribution in [1.82, 2.24) is 0 Å². The topological polar surface area (TPSA) is 130 Å². The second-order valence-electron chi connectivity index (χ2n) is 5.89. The number of aldehydes is 1. The molecule has 0 aliphatic heterocycles. The molecule has 0 fully saturated rings. The molecule has 3 N–H and O–H groups in total. The lowest BCUT2D eigenvalue weighted by Crippen LogP contribution is -2.14. The minimum atomic E-state index is -1.38. The maximum absolute atomic E-state index is 12.6. The number of benzene rings is 2. The molecule has 2 rings (SSSR count). The number of carbonyl (C=O) groups excluding carboxylic acids is 2. The Labute approximate surface area is 154 Å². The van der Waals surface area contributed by atoms with Crippen molar-refractivity contribution in [2.45, 2.75) is 20.8 Å². The number of methoxy groups -OCH3 is 1. The van der Waals surface area contributed by atoms with Crippen molar-refractivity contribution in [2.24, 2.45) is 0 Å². The van der Waals surface area contributed by atoms with Crippen LogP contribution >= 0.6 is 0 Å². The molecule has 2 aromatic rings. The molecular weight excluding hydrogens is 356 g/mol. The van der Waals surface area contributed by atoms with Crippen molar-refractivity contribution < 1.29 is 39.2 Å². The zero-order valence-corrected chi connectivity index (χ0v) is 15.1. The first-order valence-electron chi connectivity index (χ1n) is 7.78. The Bertz CT molecular complexity index is 959. The molecule has 0 radical (unpaired) electrons. The smallest absolute Gasteiger partial charge is 0.347 e. The van der Waals surface area contributed by atoms with Crippen LogP contribution in [0, 0.1) is 20.8 Å². The van der Waals surface area contributed by atoms with Gasteiger partial charge in [-0.25, -0.2) is 9.59 Å². The second-order valence-corrected chi connectivity index (χ2v) is 5.89. The van der Waals surface area contributed by atoms with Crippen molar-refractivity contribution in [3.63, 3.8) is 0 Å². The maximum atomic E-state index is 12.6. The zero-order valence-electron chi connectivity index (χ0n) is 15.1. The Morgan fingerprint density at radius 1 is 0.963 bits per heavy atom. The zero-order chi connectivity index (χ0) is 20.5. The van der Waals surface area contributed by atoms with Gasteiger partial charge in [-0.2, -0.15) is 0 Å². The number of hydrogen-bond acceptors (Lipinski definition) is 7. The molecule has 27 heavy (non-hydrogen) atoms. The van der Waals surface area contributed by atoms with Crippen LogP contribution in [0.5, 0.6) is 23.0 Å². The van der Waals surface area contributed by atoms with E-state index in [4.69, 9.17) is 9.47 Å². The standard InChI is InChI=1S/C19H18O8/c1-8-5-13(26-4)11(7-20)17(22)14(8)19(25)27-12-6-9(2)16(21)15(10(12)3)18(23)24/h5-7,21-22H,1-4H3,(H,23,24). The quantitative estimate of drug-likeness (QED) is 0.414. The number of phenols is 2. The molecule has 2 aromatic carbocycles. The maximum Gasteiger partial charge on any atom is 0.347 e. The Balaban J connectivity index is 2.57. The number of ether oxygens (including phenoxy) is 2. The number of rotatable bonds is 5. The minimum absolute atomic E-state index is 0.0419. The number of aromatic hydroxyl groups is 2. The number of carboxylic acids is 1. The number of esters is 1. The summed E-state index contributed by atoms with van der Waals surface area (Å²) >= 11 is 0. The van der Waals surface area contributed by atoms with E-state index in [9.17, 15) is 29.7 Å². The third-order valence-electron chi connectivity index (χ3n) is 4.16. The van der Waals surface area contributed by atoms with E-state index < -0.39 is 23.4 Å². The van der Waals surface area contributed by atoms with Crippen molar-refractivity contribution in [1.29, 1.82) is 0 Å². The highest BCUT2D eigenvalue weighted by Gasteiger charge is 2.25. The third-order valence-corrected chi connectivity index (χ3v) is 4.16. The van der Waals surface area contributed by atoms with Gasteiger partial charge in [-0.05, 0) is 44.0 Å². The summed E-state index contributed by atoms with van der Waals surface area (Å²) in [5, 5.41) is 29.5. The molecule has 0 saturated carbocycles. The Morgan fingerprint density at radius 2 is 1.56 bits per heavy atom. The van der Waals surface area contributed by atoms with Crippen molar-refractivity contribution in [3.8, 4) is 23.0 Å². The molecule has 0 atom stereocenters. The van der Waals surface area contributed by atoms with Crippen LogP contribution in [0.15, 0.2) is 12.1 Å². The lowest BCUT2D eigenvalue weighted by atomic mass is 10.0. The predicted molar refractivity (Wildman–Crippen MR) is 94.3 cm³/mol. The van der Waals surface area contributed by atoms with Gasteiger partial charge in [0.15, 0.2) is 6.29 Å². The summed E-state index contributed by atoms with van der Waals surface area (Å²) in [4.78, 5) is 35.2. The molecule has 0 aliphatic rings. The van der Waals surface area contributed by atoms with E-state index in [2.05, 4.69) is 0 Å². The number of aromatic carboxylic acids is 1. The molecule has 0 spiro atoms. The first kappa shape index (κ1) is 19.8. The minimum Gasteiger partial charge on any atom is -0.507 e. The van der Waals surface area contributed by atoms with E-state index in [1.807, 2.05) is 0 Å². The van der Waals surface area contributed by atoms with Gasteiger partial charge < -0.3 is 24.8 Å². The van der Waals surface area contributed by atoms with Crippen LogP contribution < -0.4 is 9.47 Å². The Morgan fingerprint density at radius 3 is 2.07 bits per heavy atom. The van der Waals surface area contributed by atoms with Crippen LogP contribution in [0.2, 0.25) is 0 Å². The van der Waals surface area contributed by atoms with Crippen LogP contribution in [0.1, 0.15) is 47.8 Å². The summed E-state index contributed by atoms with van der Waals surface area (Å²) in [6.45, 7) is 4.35. The highest BCUT2D eigenvalue weighted by molar-refractivity contribution is 6.00. The third kappa shape index (κ3) is 3.41. The summed E-state index contributed by atoms with van der Waals surface area (Å²) in [5.41, 5.74) is -0.307. The summed E-state index contributed by atoms with van der Waals surface area (Å²) in [7, 11) is 1.31. The number of carboxylic acid groups (broad SMARTS) is 1. The monoisotopic (exact) mass is 374 g/mol. The average Bonchev–Trinajstić information content (AvgIpc) is 2.58. The molecule has 0 aliphatic carbocycles. The second kappa shape index (κ2) is 7.36. The SMILES string of the molecule is COc1cc(C)c(C(=O)Oc2cc(C)c(O)c(C(=O)O)c2C)c(O)c1C=O. The number of carbonyl (C=O) groups is 3. The van der Waals surface area contributed by atoms with Gasteiger partial charge in [-0.1, -0.05) is 0 Å². The van der Waals surface area contributed by atoms with Gasteiger partial charge in [0.05, 0.1) is 12.7 Å². The van der Waals surface area contributed by atoms with Crippen molar-refractivity contribution in [2.75, 3.05) is 7.11 Å². The largest absolute Gasteiger partial charge is 0.507 e. The number of hydrogen-bond donors (Lipinski definition) is 3. The lowest BCUT2D eigenvalue weighted by molar-refractivity contribution is 0.0681. The summed E-state index contributed by atoms with van der Waals surface area (Å²) < 4.78 is 10.3. The predicted octanol–water partition coefficient (Wildman–Crippen LogP) is 2.76. The Hall–Kier alpha value is -3.55. The fourth-order valence-electron chi connectivity index (χ4n) is 2.71. The average molecular weight is 374 g/mol. The molecule has 142 valence electrons.